The quantitative estimate of drug-likeness (QED) is 0.569. The van der Waals surface area contributed by atoms with E-state index >= 15 is 0 Å². The highest BCUT2D eigenvalue weighted by molar-refractivity contribution is 7.89. The van der Waals surface area contributed by atoms with Gasteiger partial charge in [0, 0.05) is 17.7 Å². The van der Waals surface area contributed by atoms with Crippen molar-refractivity contribution < 1.29 is 40.3 Å². The van der Waals surface area contributed by atoms with Crippen LogP contribution in [0.15, 0.2) is 31.2 Å². The largest absolute Gasteiger partial charge is 0.465 e. The molecular formula is C15H22N2O9S2. The van der Waals surface area contributed by atoms with Gasteiger partial charge in [0.1, 0.15) is 17.1 Å². The van der Waals surface area contributed by atoms with Crippen molar-refractivity contribution in [2.45, 2.75) is 43.5 Å². The first-order chi connectivity index (χ1) is 12.5. The standard InChI is InChI=1S/C8H13NO4S.C7H9NO5S/c1-5-6(8(2,3)10)4-7(13-5)14(9,11)12;1-4-5(7(9)12-2)3-6(13-4)14(8,10)11/h4,10H,1-3H3,(H2,9,11,12);3H,1-2H3,(H2,8,10,11). The number of primary sulfonamides is 2. The van der Waals surface area contributed by atoms with Crippen LogP contribution in [0, 0.1) is 13.8 Å². The normalized spacial score (nSPS) is 12.3. The number of nitrogens with two attached hydrogens (primary N) is 2. The van der Waals surface area contributed by atoms with E-state index in [1.54, 1.807) is 6.92 Å². The average molecular weight is 438 g/mol. The van der Waals surface area contributed by atoms with E-state index in [0.29, 0.717) is 11.3 Å². The Morgan fingerprint density at radius 1 is 1.00 bits per heavy atom. The van der Waals surface area contributed by atoms with Gasteiger partial charge in [-0.2, -0.15) is 0 Å². The number of sulfonamides is 2. The Labute approximate surface area is 162 Å². The average Bonchev–Trinajstić information content (AvgIpc) is 3.09. The summed E-state index contributed by atoms with van der Waals surface area (Å²) < 4.78 is 57.7. The number of hydrogen-bond acceptors (Lipinski definition) is 9. The topological polar surface area (TPSA) is 193 Å². The minimum atomic E-state index is -3.92. The molecule has 2 rings (SSSR count). The molecular weight excluding hydrogens is 416 g/mol. The van der Waals surface area contributed by atoms with Crippen molar-refractivity contribution in [1.82, 2.24) is 0 Å². The second-order valence-electron chi connectivity index (χ2n) is 6.21. The molecule has 0 aromatic carbocycles. The lowest BCUT2D eigenvalue weighted by Gasteiger charge is -2.15. The maximum Gasteiger partial charge on any atom is 0.341 e. The van der Waals surface area contributed by atoms with Crippen LogP contribution in [0.25, 0.3) is 0 Å². The first-order valence-corrected chi connectivity index (χ1v) is 10.7. The lowest BCUT2D eigenvalue weighted by Crippen LogP contribution is -2.16. The first-order valence-electron chi connectivity index (χ1n) is 7.56. The maximum absolute atomic E-state index is 11.1. The van der Waals surface area contributed by atoms with Crippen LogP contribution >= 0.6 is 0 Å². The Morgan fingerprint density at radius 3 is 1.71 bits per heavy atom. The summed E-state index contributed by atoms with van der Waals surface area (Å²) in [6.07, 6.45) is 0. The minimum Gasteiger partial charge on any atom is -0.465 e. The Kier molecular flexibility index (Phi) is 6.85. The summed E-state index contributed by atoms with van der Waals surface area (Å²) in [6.45, 7) is 6.10. The fourth-order valence-electron chi connectivity index (χ4n) is 2.11. The summed E-state index contributed by atoms with van der Waals surface area (Å²) in [5.41, 5.74) is -0.672. The second kappa shape index (κ2) is 8.05. The first kappa shape index (κ1) is 23.8. The van der Waals surface area contributed by atoms with Gasteiger partial charge in [0.15, 0.2) is 0 Å². The highest BCUT2D eigenvalue weighted by Crippen LogP contribution is 2.27. The summed E-state index contributed by atoms with van der Waals surface area (Å²) in [4.78, 5) is 11.1. The van der Waals surface area contributed by atoms with Crippen LogP contribution in [0.3, 0.4) is 0 Å². The van der Waals surface area contributed by atoms with Crippen molar-refractivity contribution >= 4 is 26.0 Å². The van der Waals surface area contributed by atoms with E-state index in [4.69, 9.17) is 19.1 Å². The Morgan fingerprint density at radius 2 is 1.43 bits per heavy atom. The molecule has 2 heterocycles. The molecule has 11 nitrogen and oxygen atoms in total. The Balaban J connectivity index is 0.000000280. The number of rotatable bonds is 4. The van der Waals surface area contributed by atoms with Crippen LogP contribution in [0.2, 0.25) is 0 Å². The third kappa shape index (κ3) is 5.90. The van der Waals surface area contributed by atoms with E-state index in [9.17, 15) is 26.7 Å². The Hall–Kier alpha value is -2.19. The zero-order valence-electron chi connectivity index (χ0n) is 15.8. The molecule has 2 aromatic rings. The number of hydrogen-bond donors (Lipinski definition) is 3. The molecule has 2 aromatic heterocycles. The van der Waals surface area contributed by atoms with Gasteiger partial charge in [0.2, 0.25) is 10.2 Å². The van der Waals surface area contributed by atoms with Gasteiger partial charge in [-0.3, -0.25) is 0 Å². The van der Waals surface area contributed by atoms with Crippen molar-refractivity contribution in [2.24, 2.45) is 10.3 Å². The second-order valence-corrected chi connectivity index (χ2v) is 9.20. The molecule has 5 N–H and O–H groups in total. The SMILES string of the molecule is COC(=O)c1cc(S(N)(=O)=O)oc1C.Cc1oc(S(N)(=O)=O)cc1C(C)(C)O. The molecule has 28 heavy (non-hydrogen) atoms. The van der Waals surface area contributed by atoms with Gasteiger partial charge in [-0.15, -0.1) is 0 Å². The number of aliphatic hydroxyl groups is 1. The number of furan rings is 2. The molecule has 0 spiro atoms. The van der Waals surface area contributed by atoms with Crippen molar-refractivity contribution in [3.05, 3.63) is 34.8 Å². The molecule has 0 aliphatic heterocycles. The third-order valence-electron chi connectivity index (χ3n) is 3.42. The van der Waals surface area contributed by atoms with Gasteiger partial charge in [-0.05, 0) is 27.7 Å². The maximum atomic E-state index is 11.1. The van der Waals surface area contributed by atoms with E-state index in [0.717, 1.165) is 6.07 Å². The van der Waals surface area contributed by atoms with Crippen molar-refractivity contribution in [2.75, 3.05) is 7.11 Å². The molecule has 0 saturated carbocycles. The number of carbonyl (C=O) groups is 1. The fraction of sp³-hybridized carbons (Fsp3) is 0.400. The predicted molar refractivity (Wildman–Crippen MR) is 96.2 cm³/mol. The zero-order valence-corrected chi connectivity index (χ0v) is 17.5. The Bertz CT molecular complexity index is 1070. The summed E-state index contributed by atoms with van der Waals surface area (Å²) in [5.74, 6) is -0.163. The lowest BCUT2D eigenvalue weighted by molar-refractivity contribution is 0.0598. The van der Waals surface area contributed by atoms with Gasteiger partial charge in [0.25, 0.3) is 20.0 Å². The monoisotopic (exact) mass is 438 g/mol. The van der Waals surface area contributed by atoms with E-state index in [-0.39, 0.29) is 16.4 Å². The summed E-state index contributed by atoms with van der Waals surface area (Å²) in [7, 11) is -6.58. The van der Waals surface area contributed by atoms with Gasteiger partial charge >= 0.3 is 5.97 Å². The fourth-order valence-corrected chi connectivity index (χ4v) is 3.16. The van der Waals surface area contributed by atoms with Gasteiger partial charge < -0.3 is 18.7 Å². The van der Waals surface area contributed by atoms with E-state index in [2.05, 4.69) is 4.74 Å². The third-order valence-corrected chi connectivity index (χ3v) is 4.94. The van der Waals surface area contributed by atoms with Crippen LogP contribution in [-0.2, 0) is 30.4 Å². The number of esters is 1. The molecule has 0 fully saturated rings. The highest BCUT2D eigenvalue weighted by Gasteiger charge is 2.25. The van der Waals surface area contributed by atoms with Crippen LogP contribution in [0.4, 0.5) is 0 Å². The molecule has 13 heteroatoms. The highest BCUT2D eigenvalue weighted by atomic mass is 32.2. The van der Waals surface area contributed by atoms with Gasteiger partial charge in [-0.25, -0.2) is 31.9 Å². The van der Waals surface area contributed by atoms with E-state index in [1.807, 2.05) is 0 Å². The van der Waals surface area contributed by atoms with E-state index in [1.165, 1.54) is 33.9 Å². The molecule has 0 amide bonds. The van der Waals surface area contributed by atoms with Crippen LogP contribution in [-0.4, -0.2) is 35.0 Å². The number of carbonyl (C=O) groups excluding carboxylic acids is 1. The van der Waals surface area contributed by atoms with Crippen molar-refractivity contribution in [3.63, 3.8) is 0 Å². The summed E-state index contributed by atoms with van der Waals surface area (Å²) >= 11 is 0. The molecule has 0 aliphatic rings. The summed E-state index contributed by atoms with van der Waals surface area (Å²) in [6, 6.07) is 2.28. The van der Waals surface area contributed by atoms with Crippen molar-refractivity contribution in [3.8, 4) is 0 Å². The van der Waals surface area contributed by atoms with Gasteiger partial charge in [0.05, 0.1) is 12.7 Å². The molecule has 0 atom stereocenters. The number of ether oxygens (including phenoxy) is 1. The molecule has 158 valence electrons. The number of methoxy groups -OCH3 is 1. The molecule has 0 radical (unpaired) electrons. The van der Waals surface area contributed by atoms with Crippen LogP contribution in [0.1, 0.15) is 41.3 Å². The van der Waals surface area contributed by atoms with Crippen LogP contribution in [0.5, 0.6) is 0 Å². The smallest absolute Gasteiger partial charge is 0.341 e. The lowest BCUT2D eigenvalue weighted by atomic mass is 10.00. The van der Waals surface area contributed by atoms with Gasteiger partial charge in [-0.1, -0.05) is 0 Å². The summed E-state index contributed by atoms with van der Waals surface area (Å²) in [5, 5.41) is 18.6. The number of aryl methyl sites for hydroxylation is 2. The minimum absolute atomic E-state index is 0.0523. The molecule has 0 unspecified atom stereocenters. The molecule has 0 saturated heterocycles. The zero-order chi connectivity index (χ0) is 22.1. The van der Waals surface area contributed by atoms with E-state index < -0.39 is 36.7 Å². The van der Waals surface area contributed by atoms with Crippen LogP contribution < -0.4 is 10.3 Å². The molecule has 0 bridgehead atoms. The predicted octanol–water partition coefficient (Wildman–Crippen LogP) is 0.485. The van der Waals surface area contributed by atoms with Crippen molar-refractivity contribution in [1.29, 1.82) is 0 Å². The molecule has 0 aliphatic carbocycles.